The molecule has 2 atom stereocenters. The highest BCUT2D eigenvalue weighted by Crippen LogP contribution is 2.28. The zero-order valence-electron chi connectivity index (χ0n) is 16.8. The maximum absolute atomic E-state index is 12.3. The Balaban J connectivity index is 1.21. The Kier molecular flexibility index (Phi) is 5.97. The number of hydrogen-bond acceptors (Lipinski definition) is 3. The van der Waals surface area contributed by atoms with Gasteiger partial charge in [-0.15, -0.1) is 0 Å². The van der Waals surface area contributed by atoms with Gasteiger partial charge in [-0.3, -0.25) is 9.59 Å². The first-order chi connectivity index (χ1) is 14.6. The van der Waals surface area contributed by atoms with E-state index >= 15 is 0 Å². The van der Waals surface area contributed by atoms with Gasteiger partial charge in [-0.1, -0.05) is 60.7 Å². The Labute approximate surface area is 176 Å². The summed E-state index contributed by atoms with van der Waals surface area (Å²) in [6.07, 6.45) is 0.910. The lowest BCUT2D eigenvalue weighted by atomic mass is 9.99. The van der Waals surface area contributed by atoms with Gasteiger partial charge < -0.3 is 20.4 Å². The van der Waals surface area contributed by atoms with Gasteiger partial charge in [-0.25, -0.2) is 4.79 Å². The highest BCUT2D eigenvalue weighted by molar-refractivity contribution is 5.82. The smallest absolute Gasteiger partial charge is 0.317 e. The van der Waals surface area contributed by atoms with Crippen LogP contribution >= 0.6 is 0 Å². The Morgan fingerprint density at radius 2 is 1.13 bits per heavy atom. The fourth-order valence-corrected chi connectivity index (χ4v) is 4.14. The van der Waals surface area contributed by atoms with Gasteiger partial charge in [0.05, 0.1) is 13.3 Å². The van der Waals surface area contributed by atoms with Crippen LogP contribution in [0.3, 0.4) is 0 Å². The normalized spacial score (nSPS) is 21.2. The summed E-state index contributed by atoms with van der Waals surface area (Å²) in [5.74, 6) is 0.371. The van der Waals surface area contributed by atoms with Gasteiger partial charge in [-0.2, -0.15) is 0 Å². The molecule has 4 amide bonds. The lowest BCUT2D eigenvalue weighted by molar-refractivity contribution is -0.128. The molecule has 7 heteroatoms. The number of amides is 4. The van der Waals surface area contributed by atoms with E-state index in [1.54, 1.807) is 9.80 Å². The van der Waals surface area contributed by atoms with Crippen molar-refractivity contribution >= 4 is 17.8 Å². The zero-order valence-corrected chi connectivity index (χ0v) is 16.8. The highest BCUT2D eigenvalue weighted by Gasteiger charge is 2.32. The van der Waals surface area contributed by atoms with Gasteiger partial charge in [-0.05, 0) is 11.1 Å². The summed E-state index contributed by atoms with van der Waals surface area (Å²) in [6, 6.07) is 19.5. The maximum Gasteiger partial charge on any atom is 0.317 e. The number of urea groups is 1. The minimum absolute atomic E-state index is 0.0320. The summed E-state index contributed by atoms with van der Waals surface area (Å²) in [5.41, 5.74) is 2.27. The molecule has 156 valence electrons. The van der Waals surface area contributed by atoms with Crippen molar-refractivity contribution in [2.45, 2.75) is 24.7 Å². The van der Waals surface area contributed by atoms with Crippen LogP contribution in [0.2, 0.25) is 0 Å². The van der Waals surface area contributed by atoms with E-state index in [4.69, 9.17) is 0 Å². The summed E-state index contributed by atoms with van der Waals surface area (Å²) >= 11 is 0. The second kappa shape index (κ2) is 8.98. The number of carbonyl (C=O) groups excluding carboxylic acids is 3. The SMILES string of the molecule is O=C(NCN1CC(c2ccccc2)CC1=O)NCN1CC(c2ccccc2)CC1=O. The van der Waals surface area contributed by atoms with E-state index in [-0.39, 0.29) is 43.0 Å². The fraction of sp³-hybridized carbons (Fsp3) is 0.348. The lowest BCUT2D eigenvalue weighted by Crippen LogP contribution is -2.47. The van der Waals surface area contributed by atoms with Crippen molar-refractivity contribution in [3.63, 3.8) is 0 Å². The highest BCUT2D eigenvalue weighted by atomic mass is 16.2. The lowest BCUT2D eigenvalue weighted by Gasteiger charge is -2.20. The molecule has 0 saturated carbocycles. The molecule has 30 heavy (non-hydrogen) atoms. The number of likely N-dealkylation sites (tertiary alicyclic amines) is 2. The molecule has 2 unspecified atom stereocenters. The topological polar surface area (TPSA) is 81.8 Å². The monoisotopic (exact) mass is 406 g/mol. The fourth-order valence-electron chi connectivity index (χ4n) is 4.14. The Morgan fingerprint density at radius 1 is 0.733 bits per heavy atom. The van der Waals surface area contributed by atoms with Crippen LogP contribution in [0.5, 0.6) is 0 Å². The molecule has 0 radical (unpaired) electrons. The Bertz CT molecular complexity index is 830. The molecule has 2 saturated heterocycles. The molecule has 2 fully saturated rings. The van der Waals surface area contributed by atoms with Gasteiger partial charge in [0.15, 0.2) is 0 Å². The molecule has 2 N–H and O–H groups in total. The first-order valence-corrected chi connectivity index (χ1v) is 10.3. The van der Waals surface area contributed by atoms with Crippen LogP contribution in [0, 0.1) is 0 Å². The van der Waals surface area contributed by atoms with Crippen LogP contribution in [0.15, 0.2) is 60.7 Å². The van der Waals surface area contributed by atoms with E-state index in [0.29, 0.717) is 25.9 Å². The van der Waals surface area contributed by atoms with E-state index in [2.05, 4.69) is 10.6 Å². The molecular weight excluding hydrogens is 380 g/mol. The standard InChI is InChI=1S/C23H26N4O3/c28-21-11-19(17-7-3-1-4-8-17)13-26(21)15-24-23(30)25-16-27-14-20(12-22(27)29)18-9-5-2-6-10-18/h1-10,19-20H,11-16H2,(H2,24,25,30). The number of carbonyl (C=O) groups is 3. The molecule has 7 nitrogen and oxygen atoms in total. The van der Waals surface area contributed by atoms with E-state index in [1.165, 1.54) is 0 Å². The number of rotatable bonds is 6. The molecule has 2 aliphatic heterocycles. The number of hydrogen-bond donors (Lipinski definition) is 2. The molecule has 0 spiro atoms. The predicted octanol–water partition coefficient (Wildman–Crippen LogP) is 2.23. The first kappa shape index (κ1) is 19.9. The summed E-state index contributed by atoms with van der Waals surface area (Å²) in [6.45, 7) is 1.50. The third-order valence-corrected chi connectivity index (χ3v) is 5.83. The van der Waals surface area contributed by atoms with E-state index < -0.39 is 0 Å². The van der Waals surface area contributed by atoms with Crippen molar-refractivity contribution in [2.75, 3.05) is 26.4 Å². The van der Waals surface area contributed by atoms with Crippen LogP contribution in [0.1, 0.15) is 35.8 Å². The predicted molar refractivity (Wildman–Crippen MR) is 112 cm³/mol. The van der Waals surface area contributed by atoms with E-state index in [1.807, 2.05) is 60.7 Å². The van der Waals surface area contributed by atoms with Crippen LogP contribution in [0.4, 0.5) is 4.79 Å². The molecular formula is C23H26N4O3. The van der Waals surface area contributed by atoms with Crippen molar-refractivity contribution in [2.24, 2.45) is 0 Å². The van der Waals surface area contributed by atoms with Crippen molar-refractivity contribution in [1.29, 1.82) is 0 Å². The Hall–Kier alpha value is -3.35. The molecule has 0 bridgehead atoms. The van der Waals surface area contributed by atoms with Crippen LogP contribution in [0.25, 0.3) is 0 Å². The summed E-state index contributed by atoms with van der Waals surface area (Å²) in [4.78, 5) is 40.0. The van der Waals surface area contributed by atoms with Crippen LogP contribution in [-0.2, 0) is 9.59 Å². The largest absolute Gasteiger partial charge is 0.324 e. The van der Waals surface area contributed by atoms with Gasteiger partial charge in [0.2, 0.25) is 11.8 Å². The zero-order chi connectivity index (χ0) is 20.9. The van der Waals surface area contributed by atoms with E-state index in [9.17, 15) is 14.4 Å². The molecule has 0 aromatic heterocycles. The first-order valence-electron chi connectivity index (χ1n) is 10.3. The average Bonchev–Trinajstić information content (AvgIpc) is 3.34. The van der Waals surface area contributed by atoms with Gasteiger partial charge in [0.25, 0.3) is 0 Å². The minimum atomic E-state index is -0.387. The maximum atomic E-state index is 12.3. The number of nitrogens with one attached hydrogen (secondary N) is 2. The molecule has 0 aliphatic carbocycles. The number of nitrogens with zero attached hydrogens (tertiary/aromatic N) is 2. The van der Waals surface area contributed by atoms with Gasteiger partial charge in [0, 0.05) is 37.8 Å². The van der Waals surface area contributed by atoms with Gasteiger partial charge >= 0.3 is 6.03 Å². The Morgan fingerprint density at radius 3 is 1.53 bits per heavy atom. The van der Waals surface area contributed by atoms with Crippen LogP contribution in [-0.4, -0.2) is 54.1 Å². The minimum Gasteiger partial charge on any atom is -0.324 e. The summed E-state index contributed by atoms with van der Waals surface area (Å²) < 4.78 is 0. The van der Waals surface area contributed by atoms with E-state index in [0.717, 1.165) is 11.1 Å². The second-order valence-corrected chi connectivity index (χ2v) is 7.85. The second-order valence-electron chi connectivity index (χ2n) is 7.85. The van der Waals surface area contributed by atoms with Crippen molar-refractivity contribution in [1.82, 2.24) is 20.4 Å². The molecule has 2 aromatic rings. The number of benzene rings is 2. The third-order valence-electron chi connectivity index (χ3n) is 5.83. The molecule has 2 aromatic carbocycles. The summed E-state index contributed by atoms with van der Waals surface area (Å²) in [5, 5.41) is 5.45. The quantitative estimate of drug-likeness (QED) is 0.772. The molecule has 4 rings (SSSR count). The van der Waals surface area contributed by atoms with Crippen LogP contribution < -0.4 is 10.6 Å². The van der Waals surface area contributed by atoms with Crippen molar-refractivity contribution in [3.8, 4) is 0 Å². The average molecular weight is 406 g/mol. The van der Waals surface area contributed by atoms with Crippen molar-refractivity contribution < 1.29 is 14.4 Å². The molecule has 2 aliphatic rings. The van der Waals surface area contributed by atoms with Crippen molar-refractivity contribution in [3.05, 3.63) is 71.8 Å². The third kappa shape index (κ3) is 4.62. The van der Waals surface area contributed by atoms with Gasteiger partial charge in [0.1, 0.15) is 0 Å². The summed E-state index contributed by atoms with van der Waals surface area (Å²) in [7, 11) is 0. The molecule has 2 heterocycles.